The molecule has 1 heterocycles. The highest BCUT2D eigenvalue weighted by atomic mass is 14.9. The molecule has 0 bridgehead atoms. The van der Waals surface area contributed by atoms with Crippen LogP contribution in [0.3, 0.4) is 0 Å². The lowest BCUT2D eigenvalue weighted by Gasteiger charge is -2.46. The maximum Gasteiger partial charge on any atom is 0.160 e. The van der Waals surface area contributed by atoms with E-state index in [0.717, 1.165) is 39.2 Å². The van der Waals surface area contributed by atoms with Gasteiger partial charge in [-0.2, -0.15) is 5.26 Å². The number of hydrogen-bond donors (Lipinski definition) is 0. The second kappa shape index (κ2) is 12.1. The minimum atomic E-state index is -0.502. The number of nitriles is 1. The maximum absolute atomic E-state index is 9.80. The van der Waals surface area contributed by atoms with Gasteiger partial charge in [0.15, 0.2) is 5.82 Å². The van der Waals surface area contributed by atoms with Crippen molar-refractivity contribution in [2.24, 2.45) is 0 Å². The summed E-state index contributed by atoms with van der Waals surface area (Å²) in [5, 5.41) is 9.80. The van der Waals surface area contributed by atoms with Gasteiger partial charge in [-0.1, -0.05) is 172 Å². The molecule has 0 amide bonds. The van der Waals surface area contributed by atoms with Crippen LogP contribution in [0.5, 0.6) is 0 Å². The first kappa shape index (κ1) is 31.8. The molecule has 10 rings (SSSR count). The Morgan fingerprint density at radius 3 is 1.65 bits per heavy atom. The van der Waals surface area contributed by atoms with Crippen LogP contribution in [0, 0.1) is 11.3 Å². The predicted octanol–water partition coefficient (Wildman–Crippen LogP) is 12.0. The van der Waals surface area contributed by atoms with Gasteiger partial charge in [-0.05, 0) is 73.8 Å². The Labute approximate surface area is 315 Å². The molecule has 0 fully saturated rings. The molecule has 0 aliphatic heterocycles. The van der Waals surface area contributed by atoms with Gasteiger partial charge in [0.2, 0.25) is 0 Å². The first-order valence-electron chi connectivity index (χ1n) is 18.5. The molecule has 0 radical (unpaired) electrons. The standard InChI is InChI=1S/C51H35N3/c1-50(2)41-21-8-10-23-43(41)51(44-24-11-9-22-42(44)50)40-20-7-6-18-38(40)48-39(19-13-25-45(48)51)47-31-46(37-17-12-14-33(30-37)32-52)53-49(54-47)36-28-26-35(27-29-36)34-15-4-3-5-16-34/h3-31H,1-2H3. The summed E-state index contributed by atoms with van der Waals surface area (Å²) in [5.41, 5.74) is 17.0. The van der Waals surface area contributed by atoms with Crippen molar-refractivity contribution in [2.75, 3.05) is 0 Å². The fourth-order valence-electron chi connectivity index (χ4n) is 9.18. The number of hydrogen-bond acceptors (Lipinski definition) is 3. The van der Waals surface area contributed by atoms with Crippen molar-refractivity contribution in [3.8, 4) is 62.2 Å². The van der Waals surface area contributed by atoms with E-state index in [2.05, 4.69) is 166 Å². The normalized spacial score (nSPS) is 14.0. The molecule has 2 aliphatic carbocycles. The minimum absolute atomic E-state index is 0.168. The molecule has 1 aromatic heterocycles. The Kier molecular flexibility index (Phi) is 7.12. The van der Waals surface area contributed by atoms with E-state index in [9.17, 15) is 5.26 Å². The smallest absolute Gasteiger partial charge is 0.160 e. The van der Waals surface area contributed by atoms with Gasteiger partial charge in [0.05, 0.1) is 28.4 Å². The van der Waals surface area contributed by atoms with Gasteiger partial charge in [0, 0.05) is 22.1 Å². The summed E-state index contributed by atoms with van der Waals surface area (Å²) >= 11 is 0. The van der Waals surface area contributed by atoms with E-state index in [1.54, 1.807) is 0 Å². The van der Waals surface area contributed by atoms with Crippen molar-refractivity contribution in [3.63, 3.8) is 0 Å². The Bertz CT molecular complexity index is 2760. The molecule has 2 aliphatic rings. The van der Waals surface area contributed by atoms with Crippen LogP contribution in [0.1, 0.15) is 52.8 Å². The lowest BCUT2D eigenvalue weighted by atomic mass is 9.55. The van der Waals surface area contributed by atoms with Crippen LogP contribution in [-0.2, 0) is 10.8 Å². The van der Waals surface area contributed by atoms with Crippen molar-refractivity contribution < 1.29 is 0 Å². The molecule has 3 nitrogen and oxygen atoms in total. The molecule has 8 aromatic rings. The molecular weight excluding hydrogens is 655 g/mol. The van der Waals surface area contributed by atoms with Crippen molar-refractivity contribution in [3.05, 3.63) is 215 Å². The Morgan fingerprint density at radius 2 is 0.944 bits per heavy atom. The van der Waals surface area contributed by atoms with Gasteiger partial charge in [0.1, 0.15) is 0 Å². The summed E-state index contributed by atoms with van der Waals surface area (Å²) in [4.78, 5) is 10.5. The van der Waals surface area contributed by atoms with Crippen molar-refractivity contribution in [1.29, 1.82) is 5.26 Å². The zero-order valence-electron chi connectivity index (χ0n) is 30.1. The lowest BCUT2D eigenvalue weighted by molar-refractivity contribution is 0.563. The minimum Gasteiger partial charge on any atom is -0.228 e. The van der Waals surface area contributed by atoms with E-state index in [0.29, 0.717) is 11.4 Å². The second-order valence-corrected chi connectivity index (χ2v) is 14.8. The molecule has 3 heteroatoms. The van der Waals surface area contributed by atoms with Gasteiger partial charge >= 0.3 is 0 Å². The Morgan fingerprint density at radius 1 is 0.426 bits per heavy atom. The van der Waals surface area contributed by atoms with Crippen molar-refractivity contribution >= 4 is 0 Å². The van der Waals surface area contributed by atoms with Crippen LogP contribution in [0.25, 0.3) is 56.2 Å². The van der Waals surface area contributed by atoms with E-state index in [1.807, 2.05) is 30.3 Å². The first-order valence-corrected chi connectivity index (χ1v) is 18.5. The number of fused-ring (bicyclic) bond motifs is 9. The zero-order valence-corrected chi connectivity index (χ0v) is 30.1. The third-order valence-electron chi connectivity index (χ3n) is 11.6. The van der Waals surface area contributed by atoms with Crippen molar-refractivity contribution in [2.45, 2.75) is 24.7 Å². The van der Waals surface area contributed by atoms with E-state index < -0.39 is 5.41 Å². The highest BCUT2D eigenvalue weighted by Crippen LogP contribution is 2.63. The highest BCUT2D eigenvalue weighted by molar-refractivity contribution is 5.96. The van der Waals surface area contributed by atoms with Crippen LogP contribution in [0.2, 0.25) is 0 Å². The average molecular weight is 690 g/mol. The van der Waals surface area contributed by atoms with Gasteiger partial charge in [-0.15, -0.1) is 0 Å². The summed E-state index contributed by atoms with van der Waals surface area (Å²) in [6.45, 7) is 4.71. The van der Waals surface area contributed by atoms with Crippen LogP contribution < -0.4 is 0 Å². The van der Waals surface area contributed by atoms with E-state index in [-0.39, 0.29) is 5.41 Å². The van der Waals surface area contributed by atoms with Crippen LogP contribution in [0.15, 0.2) is 176 Å². The van der Waals surface area contributed by atoms with Crippen LogP contribution >= 0.6 is 0 Å². The first-order chi connectivity index (χ1) is 26.5. The van der Waals surface area contributed by atoms with Gasteiger partial charge in [-0.25, -0.2) is 9.97 Å². The van der Waals surface area contributed by atoms with E-state index in [4.69, 9.17) is 9.97 Å². The lowest BCUT2D eigenvalue weighted by Crippen LogP contribution is -2.40. The molecule has 0 atom stereocenters. The predicted molar refractivity (Wildman–Crippen MR) is 218 cm³/mol. The van der Waals surface area contributed by atoms with E-state index >= 15 is 0 Å². The highest BCUT2D eigenvalue weighted by Gasteiger charge is 2.53. The monoisotopic (exact) mass is 689 g/mol. The van der Waals surface area contributed by atoms with Crippen LogP contribution in [0.4, 0.5) is 0 Å². The third kappa shape index (κ3) is 4.60. The average Bonchev–Trinajstić information content (AvgIpc) is 3.54. The summed E-state index contributed by atoms with van der Waals surface area (Å²) in [6, 6.07) is 64.7. The fourth-order valence-corrected chi connectivity index (χ4v) is 9.18. The molecule has 54 heavy (non-hydrogen) atoms. The number of nitrogens with zero attached hydrogens (tertiary/aromatic N) is 3. The van der Waals surface area contributed by atoms with Gasteiger partial charge in [-0.3, -0.25) is 0 Å². The summed E-state index contributed by atoms with van der Waals surface area (Å²) in [6.07, 6.45) is 0. The molecule has 1 spiro atoms. The van der Waals surface area contributed by atoms with Gasteiger partial charge in [0.25, 0.3) is 0 Å². The SMILES string of the molecule is CC1(C)c2ccccc2C2(c3ccccc3-c3c(-c4cc(-c5cccc(C#N)c5)nc(-c5ccc(-c6ccccc6)cc5)n4)cccc32)c2ccccc21. The fraction of sp³-hybridized carbons (Fsp3) is 0.0784. The molecule has 0 unspecified atom stereocenters. The Balaban J connectivity index is 1.24. The topological polar surface area (TPSA) is 49.6 Å². The molecule has 0 saturated carbocycles. The molecule has 0 N–H and O–H groups in total. The molecule has 254 valence electrons. The number of benzene rings is 7. The zero-order chi connectivity index (χ0) is 36.4. The summed E-state index contributed by atoms with van der Waals surface area (Å²) in [5.74, 6) is 0.637. The van der Waals surface area contributed by atoms with Crippen LogP contribution in [-0.4, -0.2) is 9.97 Å². The quantitative estimate of drug-likeness (QED) is 0.185. The molecule has 0 saturated heterocycles. The van der Waals surface area contributed by atoms with E-state index in [1.165, 1.54) is 44.5 Å². The maximum atomic E-state index is 9.80. The largest absolute Gasteiger partial charge is 0.228 e. The number of rotatable bonds is 4. The molecular formula is C51H35N3. The second-order valence-electron chi connectivity index (χ2n) is 14.8. The van der Waals surface area contributed by atoms with Gasteiger partial charge < -0.3 is 0 Å². The number of aromatic nitrogens is 2. The molecule has 7 aromatic carbocycles. The third-order valence-corrected chi connectivity index (χ3v) is 11.6. The summed E-state index contributed by atoms with van der Waals surface area (Å²) < 4.78 is 0. The Hall–Kier alpha value is -6.89. The van der Waals surface area contributed by atoms with Crippen molar-refractivity contribution in [1.82, 2.24) is 9.97 Å². The summed E-state index contributed by atoms with van der Waals surface area (Å²) in [7, 11) is 0.